The molecule has 1 heterocycles. The first-order chi connectivity index (χ1) is 9.63. The summed E-state index contributed by atoms with van der Waals surface area (Å²) in [6.45, 7) is 0. The Hall–Kier alpha value is -1.85. The highest BCUT2D eigenvalue weighted by Crippen LogP contribution is 2.28. The van der Waals surface area contributed by atoms with Crippen molar-refractivity contribution < 1.29 is 0 Å². The molecule has 0 aliphatic carbocycles. The minimum Gasteiger partial charge on any atom is -0.393 e. The molecule has 6 heteroatoms. The predicted molar refractivity (Wildman–Crippen MR) is 86.4 cm³/mol. The Kier molecular flexibility index (Phi) is 3.46. The van der Waals surface area contributed by atoms with Crippen LogP contribution in [-0.2, 0) is 0 Å². The molecule has 0 aliphatic heterocycles. The molecule has 100 valence electrons. The SMILES string of the molecule is Nc1c(Cl)ncnc1Nc1ccc2cc(Br)ccc2c1. The van der Waals surface area contributed by atoms with Crippen LogP contribution in [0.2, 0.25) is 5.15 Å². The number of anilines is 3. The van der Waals surface area contributed by atoms with Crippen LogP contribution in [0.5, 0.6) is 0 Å². The van der Waals surface area contributed by atoms with Crippen LogP contribution < -0.4 is 11.1 Å². The highest BCUT2D eigenvalue weighted by atomic mass is 79.9. The Bertz CT molecular complexity index is 791. The summed E-state index contributed by atoms with van der Waals surface area (Å²) < 4.78 is 1.05. The lowest BCUT2D eigenvalue weighted by molar-refractivity contribution is 1.17. The number of benzene rings is 2. The maximum Gasteiger partial charge on any atom is 0.158 e. The summed E-state index contributed by atoms with van der Waals surface area (Å²) in [6, 6.07) is 12.1. The fraction of sp³-hybridized carbons (Fsp3) is 0. The van der Waals surface area contributed by atoms with E-state index in [0.29, 0.717) is 11.5 Å². The molecule has 3 aromatic rings. The lowest BCUT2D eigenvalue weighted by Gasteiger charge is -2.09. The summed E-state index contributed by atoms with van der Waals surface area (Å²) in [5.41, 5.74) is 7.07. The minimum atomic E-state index is 0.243. The van der Waals surface area contributed by atoms with Gasteiger partial charge in [0.25, 0.3) is 0 Å². The molecule has 0 radical (unpaired) electrons. The fourth-order valence-corrected chi connectivity index (χ4v) is 2.42. The van der Waals surface area contributed by atoms with Crippen LogP contribution in [-0.4, -0.2) is 9.97 Å². The van der Waals surface area contributed by atoms with Crippen LogP contribution in [0.1, 0.15) is 0 Å². The highest BCUT2D eigenvalue weighted by Gasteiger charge is 2.06. The van der Waals surface area contributed by atoms with Crippen LogP contribution in [0.15, 0.2) is 47.2 Å². The molecular formula is C14H10BrClN4. The van der Waals surface area contributed by atoms with Crippen molar-refractivity contribution in [3.05, 3.63) is 52.4 Å². The van der Waals surface area contributed by atoms with Crippen LogP contribution in [0.25, 0.3) is 10.8 Å². The van der Waals surface area contributed by atoms with E-state index in [-0.39, 0.29) is 5.15 Å². The molecule has 3 N–H and O–H groups in total. The number of nitrogen functional groups attached to an aromatic ring is 1. The normalized spacial score (nSPS) is 10.7. The first-order valence-corrected chi connectivity index (χ1v) is 7.03. The van der Waals surface area contributed by atoms with Crippen molar-refractivity contribution in [1.29, 1.82) is 0 Å². The Morgan fingerprint density at radius 2 is 1.80 bits per heavy atom. The Labute approximate surface area is 129 Å². The molecule has 3 rings (SSSR count). The van der Waals surface area contributed by atoms with Crippen molar-refractivity contribution in [2.45, 2.75) is 0 Å². The highest BCUT2D eigenvalue weighted by molar-refractivity contribution is 9.10. The Morgan fingerprint density at radius 3 is 2.65 bits per heavy atom. The maximum atomic E-state index is 5.87. The number of rotatable bonds is 2. The standard InChI is InChI=1S/C14H10BrClN4/c15-10-3-1-9-6-11(4-2-8(9)5-10)20-14-12(17)13(16)18-7-19-14/h1-7H,17H2,(H,18,19,20). The summed E-state index contributed by atoms with van der Waals surface area (Å²) in [6.07, 6.45) is 1.37. The van der Waals surface area contributed by atoms with Gasteiger partial charge in [0.15, 0.2) is 11.0 Å². The second kappa shape index (κ2) is 5.26. The summed E-state index contributed by atoms with van der Waals surface area (Å²) >= 11 is 9.33. The summed E-state index contributed by atoms with van der Waals surface area (Å²) in [5, 5.41) is 5.66. The molecule has 0 bridgehead atoms. The van der Waals surface area contributed by atoms with Gasteiger partial charge >= 0.3 is 0 Å². The summed E-state index contributed by atoms with van der Waals surface area (Å²) in [4.78, 5) is 7.91. The van der Waals surface area contributed by atoms with Gasteiger partial charge in [-0.1, -0.05) is 39.7 Å². The van der Waals surface area contributed by atoms with Gasteiger partial charge in [-0.25, -0.2) is 9.97 Å². The molecule has 0 aliphatic rings. The van der Waals surface area contributed by atoms with Crippen molar-refractivity contribution in [3.8, 4) is 0 Å². The van der Waals surface area contributed by atoms with Crippen LogP contribution in [0.4, 0.5) is 17.2 Å². The summed E-state index contributed by atoms with van der Waals surface area (Å²) in [5.74, 6) is 0.501. The molecule has 0 spiro atoms. The van der Waals surface area contributed by atoms with Crippen molar-refractivity contribution in [1.82, 2.24) is 9.97 Å². The second-order valence-corrected chi connectivity index (χ2v) is 5.53. The fourth-order valence-electron chi connectivity index (χ4n) is 1.90. The van der Waals surface area contributed by atoms with Crippen molar-refractivity contribution in [2.24, 2.45) is 0 Å². The third-order valence-electron chi connectivity index (χ3n) is 2.90. The first-order valence-electron chi connectivity index (χ1n) is 5.86. The Morgan fingerprint density at radius 1 is 1.05 bits per heavy atom. The van der Waals surface area contributed by atoms with E-state index in [1.165, 1.54) is 6.33 Å². The van der Waals surface area contributed by atoms with Gasteiger partial charge in [-0.05, 0) is 35.0 Å². The van der Waals surface area contributed by atoms with Crippen molar-refractivity contribution in [2.75, 3.05) is 11.1 Å². The van der Waals surface area contributed by atoms with E-state index >= 15 is 0 Å². The number of halogens is 2. The maximum absolute atomic E-state index is 5.87. The van der Waals surface area contributed by atoms with Crippen molar-refractivity contribution >= 4 is 55.5 Å². The minimum absolute atomic E-state index is 0.243. The lowest BCUT2D eigenvalue weighted by atomic mass is 10.1. The number of nitrogens with one attached hydrogen (secondary N) is 1. The molecule has 0 fully saturated rings. The number of hydrogen-bond acceptors (Lipinski definition) is 4. The average Bonchev–Trinajstić information content (AvgIpc) is 2.44. The van der Waals surface area contributed by atoms with E-state index in [0.717, 1.165) is 20.9 Å². The van der Waals surface area contributed by atoms with Crippen molar-refractivity contribution in [3.63, 3.8) is 0 Å². The average molecular weight is 350 g/mol. The number of nitrogens with zero attached hydrogens (tertiary/aromatic N) is 2. The number of nitrogens with two attached hydrogens (primary N) is 1. The van der Waals surface area contributed by atoms with Gasteiger partial charge in [-0.15, -0.1) is 0 Å². The molecule has 0 amide bonds. The monoisotopic (exact) mass is 348 g/mol. The molecular weight excluding hydrogens is 340 g/mol. The molecule has 0 saturated heterocycles. The predicted octanol–water partition coefficient (Wildman–Crippen LogP) is 4.37. The first kappa shape index (κ1) is 13.1. The van der Waals surface area contributed by atoms with Gasteiger partial charge < -0.3 is 11.1 Å². The topological polar surface area (TPSA) is 63.8 Å². The number of hydrogen-bond donors (Lipinski definition) is 2. The Balaban J connectivity index is 1.99. The van der Waals surface area contributed by atoms with Gasteiger partial charge in [-0.2, -0.15) is 0 Å². The molecule has 0 saturated carbocycles. The quantitative estimate of drug-likeness (QED) is 0.674. The smallest absolute Gasteiger partial charge is 0.158 e. The van der Waals surface area contributed by atoms with Gasteiger partial charge in [0.1, 0.15) is 12.0 Å². The van der Waals surface area contributed by atoms with E-state index in [1.807, 2.05) is 30.3 Å². The molecule has 0 unspecified atom stereocenters. The van der Waals surface area contributed by atoms with E-state index in [1.54, 1.807) is 0 Å². The van der Waals surface area contributed by atoms with Gasteiger partial charge in [0.05, 0.1) is 0 Å². The van der Waals surface area contributed by atoms with E-state index in [4.69, 9.17) is 17.3 Å². The van der Waals surface area contributed by atoms with E-state index in [9.17, 15) is 0 Å². The number of fused-ring (bicyclic) bond motifs is 1. The molecule has 20 heavy (non-hydrogen) atoms. The van der Waals surface area contributed by atoms with E-state index < -0.39 is 0 Å². The van der Waals surface area contributed by atoms with Crippen LogP contribution in [0.3, 0.4) is 0 Å². The molecule has 1 aromatic heterocycles. The molecule has 0 atom stereocenters. The van der Waals surface area contributed by atoms with Gasteiger partial charge in [0, 0.05) is 10.2 Å². The zero-order valence-electron chi connectivity index (χ0n) is 10.3. The molecule has 2 aromatic carbocycles. The third kappa shape index (κ3) is 2.55. The van der Waals surface area contributed by atoms with Crippen LogP contribution in [0, 0.1) is 0 Å². The van der Waals surface area contributed by atoms with Gasteiger partial charge in [-0.3, -0.25) is 0 Å². The number of aromatic nitrogens is 2. The second-order valence-electron chi connectivity index (χ2n) is 4.26. The molecule has 4 nitrogen and oxygen atoms in total. The van der Waals surface area contributed by atoms with Crippen LogP contribution >= 0.6 is 27.5 Å². The lowest BCUT2D eigenvalue weighted by Crippen LogP contribution is -2.00. The van der Waals surface area contributed by atoms with E-state index in [2.05, 4.69) is 37.3 Å². The largest absolute Gasteiger partial charge is 0.393 e. The summed E-state index contributed by atoms with van der Waals surface area (Å²) in [7, 11) is 0. The van der Waals surface area contributed by atoms with Gasteiger partial charge in [0.2, 0.25) is 0 Å². The zero-order valence-corrected chi connectivity index (χ0v) is 12.6. The zero-order chi connectivity index (χ0) is 14.1. The third-order valence-corrected chi connectivity index (χ3v) is 3.69.